The quantitative estimate of drug-likeness (QED) is 0.236. The molecule has 0 bridgehead atoms. The van der Waals surface area contributed by atoms with E-state index in [9.17, 15) is 14.7 Å². The number of fused-ring (bicyclic) bond motifs is 3. The van der Waals surface area contributed by atoms with E-state index in [2.05, 4.69) is 0 Å². The summed E-state index contributed by atoms with van der Waals surface area (Å²) >= 11 is 0. The Hall–Kier alpha value is -3.94. The van der Waals surface area contributed by atoms with E-state index < -0.39 is 17.0 Å². The fourth-order valence-electron chi connectivity index (χ4n) is 4.26. The van der Waals surface area contributed by atoms with Crippen LogP contribution in [0.25, 0.3) is 28.0 Å². The molecular formula is C28H30O8. The summed E-state index contributed by atoms with van der Waals surface area (Å²) in [5.74, 6) is 0.0144. The van der Waals surface area contributed by atoms with Gasteiger partial charge < -0.3 is 28.8 Å². The molecule has 8 heteroatoms. The minimum atomic E-state index is -0.908. The molecule has 2 aromatic carbocycles. The molecule has 8 nitrogen and oxygen atoms in total. The molecule has 3 aromatic rings. The van der Waals surface area contributed by atoms with E-state index in [-0.39, 0.29) is 40.7 Å². The van der Waals surface area contributed by atoms with Gasteiger partial charge in [-0.25, -0.2) is 0 Å². The van der Waals surface area contributed by atoms with Crippen molar-refractivity contribution in [3.8, 4) is 23.0 Å². The molecule has 4 rings (SSSR count). The van der Waals surface area contributed by atoms with E-state index in [1.165, 1.54) is 7.11 Å². The molecule has 2 N–H and O–H groups in total. The first kappa shape index (κ1) is 25.2. The summed E-state index contributed by atoms with van der Waals surface area (Å²) < 4.78 is 23.7. The van der Waals surface area contributed by atoms with Crippen molar-refractivity contribution in [1.29, 1.82) is 0 Å². The van der Waals surface area contributed by atoms with Crippen molar-refractivity contribution in [2.75, 3.05) is 13.7 Å². The van der Waals surface area contributed by atoms with Crippen molar-refractivity contribution >= 4 is 34.0 Å². The normalized spacial score (nSPS) is 13.8. The second kappa shape index (κ2) is 9.60. The Morgan fingerprint density at radius 2 is 1.89 bits per heavy atom. The lowest BCUT2D eigenvalue weighted by molar-refractivity contribution is -0.137. The highest BCUT2D eigenvalue weighted by atomic mass is 16.5. The van der Waals surface area contributed by atoms with Crippen molar-refractivity contribution in [1.82, 2.24) is 0 Å². The standard InChI is InChI=1S/C28H30O8/c1-15(2)8-9-17-23-19(14-21(27(17)33-5)34-12-6-7-22(29)30)35-20-13-18-16(10-11-28(3,4)36-18)25(31)24(20)26(23)32/h8,10-11,13-14,31H,6-7,9,12H2,1-5H3,(H,29,30). The van der Waals surface area contributed by atoms with Gasteiger partial charge in [-0.05, 0) is 52.7 Å². The Morgan fingerprint density at radius 3 is 2.56 bits per heavy atom. The van der Waals surface area contributed by atoms with E-state index in [0.29, 0.717) is 41.2 Å². The van der Waals surface area contributed by atoms with Gasteiger partial charge in [-0.2, -0.15) is 0 Å². The first-order valence-electron chi connectivity index (χ1n) is 11.7. The number of rotatable bonds is 8. The lowest BCUT2D eigenvalue weighted by Crippen LogP contribution is -2.27. The smallest absolute Gasteiger partial charge is 0.303 e. The molecule has 0 unspecified atom stereocenters. The summed E-state index contributed by atoms with van der Waals surface area (Å²) in [7, 11) is 1.48. The number of phenolic OH excluding ortho intramolecular Hbond substituents is 1. The van der Waals surface area contributed by atoms with Crippen LogP contribution in [0.1, 0.15) is 51.7 Å². The Kier molecular flexibility index (Phi) is 6.71. The van der Waals surface area contributed by atoms with Gasteiger partial charge in [0.15, 0.2) is 11.5 Å². The fourth-order valence-corrected chi connectivity index (χ4v) is 4.26. The molecule has 0 spiro atoms. The average Bonchev–Trinajstić information content (AvgIpc) is 2.78. The zero-order chi connectivity index (χ0) is 26.2. The number of carbonyl (C=O) groups is 1. The lowest BCUT2D eigenvalue weighted by Gasteiger charge is -2.28. The number of benzene rings is 2. The van der Waals surface area contributed by atoms with Crippen LogP contribution < -0.4 is 19.6 Å². The number of carboxylic acid groups (broad SMARTS) is 1. The maximum Gasteiger partial charge on any atom is 0.303 e. The molecule has 1 aliphatic rings. The maximum absolute atomic E-state index is 13.8. The second-order valence-electron chi connectivity index (χ2n) is 9.57. The molecule has 0 saturated heterocycles. The van der Waals surface area contributed by atoms with Crippen molar-refractivity contribution in [3.05, 3.63) is 51.2 Å². The number of ether oxygens (including phenoxy) is 3. The van der Waals surface area contributed by atoms with E-state index in [1.807, 2.05) is 39.8 Å². The van der Waals surface area contributed by atoms with Crippen molar-refractivity contribution in [2.45, 2.75) is 52.6 Å². The van der Waals surface area contributed by atoms with E-state index in [1.54, 1.807) is 18.2 Å². The fraction of sp³-hybridized carbons (Fsp3) is 0.357. The lowest BCUT2D eigenvalue weighted by atomic mass is 9.97. The number of aromatic hydroxyl groups is 1. The van der Waals surface area contributed by atoms with Gasteiger partial charge in [0.2, 0.25) is 5.43 Å². The minimum Gasteiger partial charge on any atom is -0.506 e. The number of hydrogen-bond acceptors (Lipinski definition) is 7. The Balaban J connectivity index is 1.98. The highest BCUT2D eigenvalue weighted by molar-refractivity contribution is 5.99. The van der Waals surface area contributed by atoms with Gasteiger partial charge in [0, 0.05) is 24.1 Å². The van der Waals surface area contributed by atoms with Crippen molar-refractivity contribution < 1.29 is 33.6 Å². The maximum atomic E-state index is 13.8. The number of methoxy groups -OCH3 is 1. The molecule has 0 amide bonds. The highest BCUT2D eigenvalue weighted by Crippen LogP contribution is 2.43. The first-order chi connectivity index (χ1) is 17.0. The van der Waals surface area contributed by atoms with Crippen molar-refractivity contribution in [3.63, 3.8) is 0 Å². The van der Waals surface area contributed by atoms with E-state index >= 15 is 0 Å². The number of carboxylic acids is 1. The molecule has 1 aromatic heterocycles. The largest absolute Gasteiger partial charge is 0.506 e. The highest BCUT2D eigenvalue weighted by Gasteiger charge is 2.28. The molecule has 0 radical (unpaired) electrons. The first-order valence-corrected chi connectivity index (χ1v) is 11.7. The molecule has 2 heterocycles. The van der Waals surface area contributed by atoms with Crippen LogP contribution in [0, 0.1) is 0 Å². The van der Waals surface area contributed by atoms with E-state index in [0.717, 1.165) is 5.57 Å². The minimum absolute atomic E-state index is 0.0323. The monoisotopic (exact) mass is 494 g/mol. The van der Waals surface area contributed by atoms with Crippen LogP contribution in [0.2, 0.25) is 0 Å². The van der Waals surface area contributed by atoms with Gasteiger partial charge in [-0.15, -0.1) is 0 Å². The van der Waals surface area contributed by atoms with Crippen LogP contribution in [0.3, 0.4) is 0 Å². The Bertz CT molecular complexity index is 1470. The third-order valence-corrected chi connectivity index (χ3v) is 5.98. The van der Waals surface area contributed by atoms with Gasteiger partial charge in [0.05, 0.1) is 24.7 Å². The molecule has 1 aliphatic heterocycles. The van der Waals surface area contributed by atoms with Gasteiger partial charge in [-0.3, -0.25) is 9.59 Å². The number of hydrogen-bond donors (Lipinski definition) is 2. The molecule has 0 aliphatic carbocycles. The number of phenols is 1. The summed E-state index contributed by atoms with van der Waals surface area (Å²) in [6.45, 7) is 7.83. The topological polar surface area (TPSA) is 115 Å². The Morgan fingerprint density at radius 1 is 1.17 bits per heavy atom. The molecule has 190 valence electrons. The van der Waals surface area contributed by atoms with Gasteiger partial charge in [0.25, 0.3) is 0 Å². The van der Waals surface area contributed by atoms with E-state index in [4.69, 9.17) is 23.7 Å². The molecule has 0 fully saturated rings. The third kappa shape index (κ3) is 4.76. The summed E-state index contributed by atoms with van der Waals surface area (Å²) in [5, 5.41) is 20.3. The van der Waals surface area contributed by atoms with Crippen LogP contribution in [-0.4, -0.2) is 35.5 Å². The summed E-state index contributed by atoms with van der Waals surface area (Å²) in [4.78, 5) is 24.7. The average molecular weight is 495 g/mol. The summed E-state index contributed by atoms with van der Waals surface area (Å²) in [5.41, 5.74) is 1.51. The predicted octanol–water partition coefficient (Wildman–Crippen LogP) is 5.60. The van der Waals surface area contributed by atoms with Crippen LogP contribution in [0.4, 0.5) is 0 Å². The molecule has 0 saturated carbocycles. The van der Waals surface area contributed by atoms with Crippen LogP contribution in [-0.2, 0) is 11.2 Å². The molecular weight excluding hydrogens is 464 g/mol. The third-order valence-electron chi connectivity index (χ3n) is 5.98. The summed E-state index contributed by atoms with van der Waals surface area (Å²) in [6, 6.07) is 3.19. The zero-order valence-electron chi connectivity index (χ0n) is 21.1. The van der Waals surface area contributed by atoms with Crippen LogP contribution in [0.15, 0.2) is 39.1 Å². The van der Waals surface area contributed by atoms with Crippen LogP contribution >= 0.6 is 0 Å². The molecule has 0 atom stereocenters. The summed E-state index contributed by atoms with van der Waals surface area (Å²) in [6.07, 6.45) is 6.17. The predicted molar refractivity (Wildman–Crippen MR) is 137 cm³/mol. The zero-order valence-corrected chi connectivity index (χ0v) is 21.1. The van der Waals surface area contributed by atoms with Crippen LogP contribution in [0.5, 0.6) is 23.0 Å². The Labute approximate surface area is 208 Å². The molecule has 36 heavy (non-hydrogen) atoms. The van der Waals surface area contributed by atoms with Gasteiger partial charge in [0.1, 0.15) is 33.7 Å². The van der Waals surface area contributed by atoms with Gasteiger partial charge >= 0.3 is 5.97 Å². The second-order valence-corrected chi connectivity index (χ2v) is 9.57. The number of aliphatic carboxylic acids is 1. The SMILES string of the molecule is COc1c(OCCCC(=O)O)cc2oc3cc4c(c(O)c3c(=O)c2c1CC=C(C)C)C=CC(C)(C)O4. The van der Waals surface area contributed by atoms with Gasteiger partial charge in [-0.1, -0.05) is 11.6 Å². The van der Waals surface area contributed by atoms with Crippen molar-refractivity contribution in [2.24, 2.45) is 0 Å². The number of allylic oxidation sites excluding steroid dienone is 2.